The normalized spacial score (nSPS) is 14.9. The molecule has 20 heavy (non-hydrogen) atoms. The van der Waals surface area contributed by atoms with Crippen LogP contribution in [0.4, 0.5) is 0 Å². The fraction of sp³-hybridized carbons (Fsp3) is 0.250. The molecule has 3 nitrogen and oxygen atoms in total. The number of benzene rings is 2. The van der Waals surface area contributed by atoms with E-state index in [2.05, 4.69) is 0 Å². The molecule has 0 fully saturated rings. The van der Waals surface area contributed by atoms with Crippen LogP contribution in [0.15, 0.2) is 36.4 Å². The quantitative estimate of drug-likeness (QED) is 0.921. The Bertz CT molecular complexity index is 642. The van der Waals surface area contributed by atoms with Gasteiger partial charge in [-0.05, 0) is 41.8 Å². The average Bonchev–Trinajstić information content (AvgIpc) is 2.49. The van der Waals surface area contributed by atoms with Crippen molar-refractivity contribution >= 4 is 11.6 Å². The van der Waals surface area contributed by atoms with Crippen molar-refractivity contribution in [1.82, 2.24) is 0 Å². The second kappa shape index (κ2) is 5.35. The molecule has 2 aromatic carbocycles. The summed E-state index contributed by atoms with van der Waals surface area (Å²) in [5.41, 5.74) is 9.38. The molecular formula is C16H16ClNO2. The van der Waals surface area contributed by atoms with Gasteiger partial charge in [-0.15, -0.1) is 0 Å². The number of fused-ring (bicyclic) bond motifs is 1. The predicted octanol–water partition coefficient (Wildman–Crippen LogP) is 3.47. The fourth-order valence-electron chi connectivity index (χ4n) is 2.31. The molecule has 1 aliphatic heterocycles. The molecule has 1 heterocycles. The van der Waals surface area contributed by atoms with Crippen molar-refractivity contribution in [3.63, 3.8) is 0 Å². The van der Waals surface area contributed by atoms with Crippen LogP contribution in [0.2, 0.25) is 5.02 Å². The fourth-order valence-corrected chi connectivity index (χ4v) is 2.42. The average molecular weight is 290 g/mol. The molecule has 1 unspecified atom stereocenters. The van der Waals surface area contributed by atoms with Crippen molar-refractivity contribution < 1.29 is 9.47 Å². The Hall–Kier alpha value is -1.71. The van der Waals surface area contributed by atoms with Crippen molar-refractivity contribution in [1.29, 1.82) is 0 Å². The Morgan fingerprint density at radius 3 is 2.40 bits per heavy atom. The van der Waals surface area contributed by atoms with Gasteiger partial charge in [0.1, 0.15) is 13.2 Å². The van der Waals surface area contributed by atoms with Crippen LogP contribution in [0, 0.1) is 6.92 Å². The Balaban J connectivity index is 1.93. The van der Waals surface area contributed by atoms with Crippen molar-refractivity contribution in [3.8, 4) is 11.5 Å². The van der Waals surface area contributed by atoms with Crippen LogP contribution in [0.1, 0.15) is 22.7 Å². The number of nitrogens with two attached hydrogens (primary N) is 1. The highest BCUT2D eigenvalue weighted by Gasteiger charge is 2.16. The lowest BCUT2D eigenvalue weighted by Crippen LogP contribution is -2.17. The second-order valence-electron chi connectivity index (χ2n) is 4.89. The summed E-state index contributed by atoms with van der Waals surface area (Å²) in [6.07, 6.45) is 0. The van der Waals surface area contributed by atoms with Crippen LogP contribution >= 0.6 is 11.6 Å². The summed E-state index contributed by atoms with van der Waals surface area (Å²) < 4.78 is 11.1. The third-order valence-corrected chi connectivity index (χ3v) is 3.89. The third kappa shape index (κ3) is 2.47. The number of hydrogen-bond donors (Lipinski definition) is 1. The maximum Gasteiger partial charge on any atom is 0.161 e. The largest absolute Gasteiger partial charge is 0.486 e. The monoisotopic (exact) mass is 289 g/mol. The number of halogens is 1. The van der Waals surface area contributed by atoms with E-state index < -0.39 is 0 Å². The van der Waals surface area contributed by atoms with E-state index in [1.165, 1.54) is 0 Å². The lowest BCUT2D eigenvalue weighted by atomic mass is 9.98. The van der Waals surface area contributed by atoms with Crippen LogP contribution in [-0.4, -0.2) is 13.2 Å². The van der Waals surface area contributed by atoms with Crippen LogP contribution in [-0.2, 0) is 0 Å². The minimum Gasteiger partial charge on any atom is -0.486 e. The molecule has 2 N–H and O–H groups in total. The van der Waals surface area contributed by atoms with Gasteiger partial charge < -0.3 is 15.2 Å². The molecule has 104 valence electrons. The molecule has 1 aliphatic rings. The lowest BCUT2D eigenvalue weighted by molar-refractivity contribution is 0.171. The molecular weight excluding hydrogens is 274 g/mol. The first-order chi connectivity index (χ1) is 9.65. The van der Waals surface area contributed by atoms with Crippen molar-refractivity contribution in [3.05, 3.63) is 58.1 Å². The number of rotatable bonds is 2. The number of aryl methyl sites for hydroxylation is 1. The molecule has 0 aromatic heterocycles. The van der Waals surface area contributed by atoms with E-state index in [0.29, 0.717) is 13.2 Å². The summed E-state index contributed by atoms with van der Waals surface area (Å²) in [6.45, 7) is 3.14. The van der Waals surface area contributed by atoms with Crippen LogP contribution in [0.25, 0.3) is 0 Å². The molecule has 2 aromatic rings. The number of hydrogen-bond acceptors (Lipinski definition) is 3. The van der Waals surface area contributed by atoms with Gasteiger partial charge in [-0.3, -0.25) is 0 Å². The maximum atomic E-state index is 6.33. The molecule has 0 saturated heterocycles. The van der Waals surface area contributed by atoms with E-state index in [1.54, 1.807) is 0 Å². The van der Waals surface area contributed by atoms with Gasteiger partial charge in [-0.2, -0.15) is 0 Å². The van der Waals surface area contributed by atoms with E-state index in [-0.39, 0.29) is 6.04 Å². The first-order valence-electron chi connectivity index (χ1n) is 6.56. The first kappa shape index (κ1) is 13.3. The summed E-state index contributed by atoms with van der Waals surface area (Å²) in [5, 5.41) is 0.753. The SMILES string of the molecule is Cc1cc(C(N)c2ccc3c(c2)OCCO3)ccc1Cl. The minimum atomic E-state index is -0.207. The maximum absolute atomic E-state index is 6.33. The van der Waals surface area contributed by atoms with Crippen molar-refractivity contribution in [2.75, 3.05) is 13.2 Å². The molecule has 0 bridgehead atoms. The molecule has 0 aliphatic carbocycles. The molecule has 0 amide bonds. The predicted molar refractivity (Wildman–Crippen MR) is 79.7 cm³/mol. The molecule has 0 saturated carbocycles. The smallest absolute Gasteiger partial charge is 0.161 e. The Labute approximate surface area is 123 Å². The van der Waals surface area contributed by atoms with Gasteiger partial charge in [0, 0.05) is 5.02 Å². The second-order valence-corrected chi connectivity index (χ2v) is 5.30. The summed E-state index contributed by atoms with van der Waals surface area (Å²) in [4.78, 5) is 0. The van der Waals surface area contributed by atoms with E-state index in [4.69, 9.17) is 26.8 Å². The molecule has 4 heteroatoms. The zero-order chi connectivity index (χ0) is 14.1. The Kier molecular flexibility index (Phi) is 3.55. The lowest BCUT2D eigenvalue weighted by Gasteiger charge is -2.21. The van der Waals surface area contributed by atoms with Gasteiger partial charge in [-0.25, -0.2) is 0 Å². The summed E-state index contributed by atoms with van der Waals surface area (Å²) in [7, 11) is 0. The molecule has 0 spiro atoms. The standard InChI is InChI=1S/C16H16ClNO2/c1-10-8-11(2-4-13(10)17)16(18)12-3-5-14-15(9-12)20-7-6-19-14/h2-5,8-9,16H,6-7,18H2,1H3. The highest BCUT2D eigenvalue weighted by molar-refractivity contribution is 6.31. The Morgan fingerprint density at radius 1 is 1.00 bits per heavy atom. The van der Waals surface area contributed by atoms with Crippen molar-refractivity contribution in [2.45, 2.75) is 13.0 Å². The van der Waals surface area contributed by atoms with E-state index in [9.17, 15) is 0 Å². The van der Waals surface area contributed by atoms with Gasteiger partial charge in [0.25, 0.3) is 0 Å². The van der Waals surface area contributed by atoms with Crippen molar-refractivity contribution in [2.24, 2.45) is 5.73 Å². The summed E-state index contributed by atoms with van der Waals surface area (Å²) >= 11 is 6.05. The van der Waals surface area contributed by atoms with E-state index >= 15 is 0 Å². The van der Waals surface area contributed by atoms with E-state index in [0.717, 1.165) is 33.2 Å². The molecule has 3 rings (SSSR count). The zero-order valence-electron chi connectivity index (χ0n) is 11.2. The van der Waals surface area contributed by atoms with Crippen LogP contribution < -0.4 is 15.2 Å². The zero-order valence-corrected chi connectivity index (χ0v) is 12.0. The first-order valence-corrected chi connectivity index (χ1v) is 6.94. The van der Waals surface area contributed by atoms with Gasteiger partial charge >= 0.3 is 0 Å². The molecule has 0 radical (unpaired) electrons. The van der Waals surface area contributed by atoms with Crippen LogP contribution in [0.5, 0.6) is 11.5 Å². The van der Waals surface area contributed by atoms with E-state index in [1.807, 2.05) is 43.3 Å². The van der Waals surface area contributed by atoms with Gasteiger partial charge in [0.2, 0.25) is 0 Å². The summed E-state index contributed by atoms with van der Waals surface area (Å²) in [6, 6.07) is 11.5. The Morgan fingerprint density at radius 2 is 1.65 bits per heavy atom. The van der Waals surface area contributed by atoms with Gasteiger partial charge in [-0.1, -0.05) is 29.8 Å². The van der Waals surface area contributed by atoms with Gasteiger partial charge in [0.05, 0.1) is 6.04 Å². The summed E-state index contributed by atoms with van der Waals surface area (Å²) in [5.74, 6) is 1.54. The topological polar surface area (TPSA) is 44.5 Å². The molecule has 1 atom stereocenters. The highest BCUT2D eigenvalue weighted by atomic mass is 35.5. The number of ether oxygens (including phenoxy) is 2. The third-order valence-electron chi connectivity index (χ3n) is 3.47. The minimum absolute atomic E-state index is 0.207. The van der Waals surface area contributed by atoms with Crippen LogP contribution in [0.3, 0.4) is 0 Å². The van der Waals surface area contributed by atoms with Gasteiger partial charge in [0.15, 0.2) is 11.5 Å². The highest BCUT2D eigenvalue weighted by Crippen LogP contribution is 2.34.